The van der Waals surface area contributed by atoms with Gasteiger partial charge in [-0.25, -0.2) is 4.79 Å². The van der Waals surface area contributed by atoms with Crippen molar-refractivity contribution in [3.05, 3.63) is 29.8 Å². The number of hydrogen-bond donors (Lipinski definition) is 3. The highest BCUT2D eigenvalue weighted by molar-refractivity contribution is 5.87. The molecule has 0 radical (unpaired) electrons. The predicted octanol–water partition coefficient (Wildman–Crippen LogP) is 1.86. The van der Waals surface area contributed by atoms with Crippen molar-refractivity contribution in [1.29, 1.82) is 0 Å². The second-order valence-electron chi connectivity index (χ2n) is 4.54. The maximum Gasteiger partial charge on any atom is 0.316 e. The molecule has 4 nitrogen and oxygen atoms in total. The van der Waals surface area contributed by atoms with Crippen molar-refractivity contribution in [2.45, 2.75) is 31.7 Å². The summed E-state index contributed by atoms with van der Waals surface area (Å²) in [5.74, 6) is 0. The van der Waals surface area contributed by atoms with Crippen molar-refractivity contribution in [1.82, 2.24) is 5.32 Å². The number of nitrogens with two attached hydrogens (primary N) is 1. The average molecular weight is 233 g/mol. The molecule has 2 rings (SSSR count). The Bertz CT molecular complexity index is 369. The van der Waals surface area contributed by atoms with Gasteiger partial charge in [-0.2, -0.15) is 0 Å². The molecule has 17 heavy (non-hydrogen) atoms. The third-order valence-electron chi connectivity index (χ3n) is 3.12. The molecule has 4 heteroatoms. The molecular formula is C13H19N3O. The first kappa shape index (κ1) is 11.9. The lowest BCUT2D eigenvalue weighted by Gasteiger charge is -2.23. The first-order valence-corrected chi connectivity index (χ1v) is 6.13. The molecule has 0 bridgehead atoms. The molecular weight excluding hydrogens is 214 g/mol. The van der Waals surface area contributed by atoms with Gasteiger partial charge in [-0.15, -0.1) is 0 Å². The highest BCUT2D eigenvalue weighted by Gasteiger charge is 2.12. The van der Waals surface area contributed by atoms with Crippen LogP contribution in [-0.4, -0.2) is 18.6 Å². The van der Waals surface area contributed by atoms with Gasteiger partial charge in [-0.1, -0.05) is 18.6 Å². The van der Waals surface area contributed by atoms with E-state index < -0.39 is 6.03 Å². The van der Waals surface area contributed by atoms with Crippen molar-refractivity contribution in [2.75, 3.05) is 11.9 Å². The van der Waals surface area contributed by atoms with Gasteiger partial charge < -0.3 is 16.4 Å². The van der Waals surface area contributed by atoms with Gasteiger partial charge in [0.05, 0.1) is 0 Å². The molecule has 1 aromatic carbocycles. The Morgan fingerprint density at radius 2 is 2.12 bits per heavy atom. The first-order valence-electron chi connectivity index (χ1n) is 6.13. The monoisotopic (exact) mass is 233 g/mol. The normalized spacial score (nSPS) is 19.9. The van der Waals surface area contributed by atoms with Crippen LogP contribution < -0.4 is 16.4 Å². The van der Waals surface area contributed by atoms with Gasteiger partial charge in [-0.3, -0.25) is 0 Å². The van der Waals surface area contributed by atoms with E-state index in [4.69, 9.17) is 5.73 Å². The molecule has 1 atom stereocenters. The van der Waals surface area contributed by atoms with E-state index in [0.717, 1.165) is 18.7 Å². The summed E-state index contributed by atoms with van der Waals surface area (Å²) in [5.41, 5.74) is 7.09. The summed E-state index contributed by atoms with van der Waals surface area (Å²) in [6.07, 6.45) is 4.91. The maximum atomic E-state index is 10.7. The summed E-state index contributed by atoms with van der Waals surface area (Å²) in [7, 11) is 0. The number of urea groups is 1. The fraction of sp³-hybridized carbons (Fsp3) is 0.462. The molecule has 2 amide bonds. The Morgan fingerprint density at radius 3 is 2.71 bits per heavy atom. The molecule has 1 aliphatic rings. The molecule has 1 heterocycles. The van der Waals surface area contributed by atoms with Crippen LogP contribution in [-0.2, 0) is 6.42 Å². The number of nitrogens with one attached hydrogen (secondary N) is 2. The van der Waals surface area contributed by atoms with Crippen LogP contribution in [0.5, 0.6) is 0 Å². The van der Waals surface area contributed by atoms with E-state index in [2.05, 4.69) is 10.6 Å². The van der Waals surface area contributed by atoms with Crippen LogP contribution in [0.4, 0.5) is 10.5 Å². The first-order chi connectivity index (χ1) is 8.24. The lowest BCUT2D eigenvalue weighted by Crippen LogP contribution is -2.35. The minimum absolute atomic E-state index is 0.522. The van der Waals surface area contributed by atoms with Gasteiger partial charge in [0, 0.05) is 11.7 Å². The Labute approximate surface area is 102 Å². The molecule has 0 spiro atoms. The van der Waals surface area contributed by atoms with Crippen molar-refractivity contribution in [3.8, 4) is 0 Å². The van der Waals surface area contributed by atoms with Crippen LogP contribution in [0.2, 0.25) is 0 Å². The lowest BCUT2D eigenvalue weighted by molar-refractivity contribution is 0.259. The van der Waals surface area contributed by atoms with Gasteiger partial charge in [0.15, 0.2) is 0 Å². The largest absolute Gasteiger partial charge is 0.351 e. The zero-order valence-electron chi connectivity index (χ0n) is 9.91. The third kappa shape index (κ3) is 3.75. The zero-order valence-corrected chi connectivity index (χ0v) is 9.91. The van der Waals surface area contributed by atoms with Crippen molar-refractivity contribution < 1.29 is 4.79 Å². The number of benzene rings is 1. The van der Waals surface area contributed by atoms with Crippen molar-refractivity contribution in [2.24, 2.45) is 5.73 Å². The molecule has 92 valence electrons. The number of anilines is 1. The Kier molecular flexibility index (Phi) is 3.98. The van der Waals surface area contributed by atoms with Crippen LogP contribution in [0.1, 0.15) is 24.8 Å². The van der Waals surface area contributed by atoms with Gasteiger partial charge in [0.2, 0.25) is 0 Å². The van der Waals surface area contributed by atoms with E-state index in [0.29, 0.717) is 6.04 Å². The second kappa shape index (κ2) is 5.68. The predicted molar refractivity (Wildman–Crippen MR) is 69.0 cm³/mol. The summed E-state index contributed by atoms with van der Waals surface area (Å²) >= 11 is 0. The van der Waals surface area contributed by atoms with E-state index in [9.17, 15) is 4.79 Å². The molecule has 1 aliphatic heterocycles. The molecule has 1 aromatic rings. The molecule has 1 unspecified atom stereocenters. The minimum Gasteiger partial charge on any atom is -0.351 e. The van der Waals surface area contributed by atoms with E-state index >= 15 is 0 Å². The maximum absolute atomic E-state index is 10.7. The van der Waals surface area contributed by atoms with Crippen molar-refractivity contribution in [3.63, 3.8) is 0 Å². The van der Waals surface area contributed by atoms with Crippen molar-refractivity contribution >= 4 is 11.7 Å². The highest BCUT2D eigenvalue weighted by Crippen LogP contribution is 2.15. The van der Waals surface area contributed by atoms with Crippen LogP contribution in [0, 0.1) is 0 Å². The lowest BCUT2D eigenvalue weighted by atomic mass is 9.98. The van der Waals surface area contributed by atoms with Gasteiger partial charge in [0.25, 0.3) is 0 Å². The topological polar surface area (TPSA) is 67.2 Å². The van der Waals surface area contributed by atoms with E-state index in [-0.39, 0.29) is 0 Å². The van der Waals surface area contributed by atoms with Crippen LogP contribution in [0.3, 0.4) is 0 Å². The SMILES string of the molecule is NC(=O)Nc1ccc(CC2CCCCN2)cc1. The summed E-state index contributed by atoms with van der Waals surface area (Å²) in [4.78, 5) is 10.7. The quantitative estimate of drug-likeness (QED) is 0.746. The van der Waals surface area contributed by atoms with Gasteiger partial charge in [-0.05, 0) is 43.5 Å². The Hall–Kier alpha value is -1.55. The second-order valence-corrected chi connectivity index (χ2v) is 4.54. The molecule has 0 saturated carbocycles. The Balaban J connectivity index is 1.90. The van der Waals surface area contributed by atoms with E-state index in [1.54, 1.807) is 0 Å². The standard InChI is InChI=1S/C13H19N3O/c14-13(17)16-11-6-4-10(5-7-11)9-12-3-1-2-8-15-12/h4-7,12,15H,1-3,8-9H2,(H3,14,16,17). The van der Waals surface area contributed by atoms with Gasteiger partial charge in [0.1, 0.15) is 0 Å². The van der Waals surface area contributed by atoms with E-state index in [1.165, 1.54) is 24.8 Å². The molecule has 1 saturated heterocycles. The fourth-order valence-corrected chi connectivity index (χ4v) is 2.25. The number of rotatable bonds is 3. The van der Waals surface area contributed by atoms with E-state index in [1.807, 2.05) is 24.3 Å². The fourth-order valence-electron chi connectivity index (χ4n) is 2.25. The summed E-state index contributed by atoms with van der Waals surface area (Å²) < 4.78 is 0. The minimum atomic E-state index is -0.522. The summed E-state index contributed by atoms with van der Waals surface area (Å²) in [6, 6.07) is 7.94. The summed E-state index contributed by atoms with van der Waals surface area (Å²) in [5, 5.41) is 6.08. The number of carbonyl (C=O) groups excluding carboxylic acids is 1. The van der Waals surface area contributed by atoms with Crippen LogP contribution >= 0.6 is 0 Å². The number of piperidine rings is 1. The number of primary amides is 1. The number of amides is 2. The van der Waals surface area contributed by atoms with Crippen LogP contribution in [0.15, 0.2) is 24.3 Å². The van der Waals surface area contributed by atoms with Crippen LogP contribution in [0.25, 0.3) is 0 Å². The zero-order chi connectivity index (χ0) is 12.1. The Morgan fingerprint density at radius 1 is 1.35 bits per heavy atom. The smallest absolute Gasteiger partial charge is 0.316 e. The number of carbonyl (C=O) groups is 1. The molecule has 4 N–H and O–H groups in total. The van der Waals surface area contributed by atoms with Gasteiger partial charge >= 0.3 is 6.03 Å². The molecule has 1 fully saturated rings. The average Bonchev–Trinajstić information content (AvgIpc) is 2.32. The highest BCUT2D eigenvalue weighted by atomic mass is 16.2. The summed E-state index contributed by atoms with van der Waals surface area (Å²) in [6.45, 7) is 1.13. The number of hydrogen-bond acceptors (Lipinski definition) is 2. The molecule has 0 aliphatic carbocycles. The molecule has 0 aromatic heterocycles. The third-order valence-corrected chi connectivity index (χ3v) is 3.12.